The van der Waals surface area contributed by atoms with Crippen LogP contribution in [-0.4, -0.2) is 30.7 Å². The third kappa shape index (κ3) is 9.54. The molecule has 0 bridgehead atoms. The van der Waals surface area contributed by atoms with Crippen molar-refractivity contribution in [1.82, 2.24) is 10.7 Å². The monoisotopic (exact) mass is 715 g/mol. The van der Waals surface area contributed by atoms with E-state index in [0.29, 0.717) is 50.7 Å². The van der Waals surface area contributed by atoms with Gasteiger partial charge < -0.3 is 14.8 Å². The predicted octanol–water partition coefficient (Wildman–Crippen LogP) is 7.52. The number of halogens is 4. The molecule has 0 aliphatic carbocycles. The van der Waals surface area contributed by atoms with Crippen LogP contribution in [0.4, 0.5) is 0 Å². The number of nitrogens with one attached hydrogen (secondary N) is 2. The Kier molecular flexibility index (Phi) is 12.4. The molecule has 0 radical (unpaired) electrons. The molecule has 1 unspecified atom stereocenters. The maximum absolute atomic E-state index is 12.9. The average molecular weight is 717 g/mol. The third-order valence-corrected chi connectivity index (χ3v) is 7.18. The van der Waals surface area contributed by atoms with Crippen molar-refractivity contribution in [3.05, 3.63) is 89.9 Å². The summed E-state index contributed by atoms with van der Waals surface area (Å²) in [4.78, 5) is 25.6. The van der Waals surface area contributed by atoms with E-state index < -0.39 is 11.9 Å². The highest BCUT2D eigenvalue weighted by Gasteiger charge is 2.22. The van der Waals surface area contributed by atoms with Crippen LogP contribution in [0.5, 0.6) is 11.5 Å². The summed E-state index contributed by atoms with van der Waals surface area (Å²) in [7, 11) is 0. The lowest BCUT2D eigenvalue weighted by Gasteiger charge is -2.19. The SMILES string of the molecule is CCOc1cc(C=NNC(=O)C(CC(C)C)NC(=O)c2ccc(Cl)cc2)cc(I)c1OCc1ccc(Cl)cc1Cl. The van der Waals surface area contributed by atoms with Gasteiger partial charge in [-0.15, -0.1) is 0 Å². The summed E-state index contributed by atoms with van der Waals surface area (Å²) in [6.45, 7) is 6.48. The van der Waals surface area contributed by atoms with Gasteiger partial charge in [-0.05, 0) is 95.9 Å². The first-order valence-electron chi connectivity index (χ1n) is 12.5. The Hall–Kier alpha value is -2.53. The standard InChI is InChI=1S/C29H29Cl3IN3O4/c1-4-39-26-13-18(12-24(33)27(26)40-16-20-7-10-22(31)14-23(20)32)15-34-36-29(38)25(11-17(2)3)35-28(37)19-5-8-21(30)9-6-19/h5-10,12-15,17,25H,4,11,16H2,1-3H3,(H,35,37)(H,36,38). The van der Waals surface area contributed by atoms with Gasteiger partial charge in [0.25, 0.3) is 11.8 Å². The van der Waals surface area contributed by atoms with Crippen LogP contribution >= 0.6 is 57.4 Å². The van der Waals surface area contributed by atoms with Crippen molar-refractivity contribution in [2.45, 2.75) is 39.8 Å². The summed E-state index contributed by atoms with van der Waals surface area (Å²) >= 11 is 20.3. The van der Waals surface area contributed by atoms with Gasteiger partial charge in [0.05, 0.1) is 16.4 Å². The van der Waals surface area contributed by atoms with Crippen molar-refractivity contribution in [3.63, 3.8) is 0 Å². The number of hydrogen-bond donors (Lipinski definition) is 2. The smallest absolute Gasteiger partial charge is 0.262 e. The lowest BCUT2D eigenvalue weighted by atomic mass is 10.0. The van der Waals surface area contributed by atoms with E-state index in [9.17, 15) is 9.59 Å². The Morgan fingerprint density at radius 1 is 1.00 bits per heavy atom. The molecule has 0 aliphatic heterocycles. The summed E-state index contributed by atoms with van der Waals surface area (Å²) < 4.78 is 12.6. The van der Waals surface area contributed by atoms with Crippen molar-refractivity contribution in [3.8, 4) is 11.5 Å². The predicted molar refractivity (Wildman–Crippen MR) is 169 cm³/mol. The number of hydrazone groups is 1. The van der Waals surface area contributed by atoms with Gasteiger partial charge in [0.1, 0.15) is 12.6 Å². The largest absolute Gasteiger partial charge is 0.490 e. The van der Waals surface area contributed by atoms with Crippen LogP contribution in [0.3, 0.4) is 0 Å². The number of rotatable bonds is 12. The average Bonchev–Trinajstić information content (AvgIpc) is 2.89. The van der Waals surface area contributed by atoms with Gasteiger partial charge in [-0.1, -0.05) is 54.7 Å². The summed E-state index contributed by atoms with van der Waals surface area (Å²) in [6, 6.07) is 14.5. The molecule has 2 amide bonds. The number of carbonyl (C=O) groups is 2. The molecule has 3 rings (SSSR count). The van der Waals surface area contributed by atoms with E-state index in [-0.39, 0.29) is 18.4 Å². The zero-order valence-electron chi connectivity index (χ0n) is 22.1. The second kappa shape index (κ2) is 15.5. The lowest BCUT2D eigenvalue weighted by Crippen LogP contribution is -2.46. The summed E-state index contributed by atoms with van der Waals surface area (Å²) in [5.74, 6) is 0.465. The minimum atomic E-state index is -0.769. The van der Waals surface area contributed by atoms with E-state index in [1.54, 1.807) is 42.5 Å². The second-order valence-electron chi connectivity index (χ2n) is 9.18. The van der Waals surface area contributed by atoms with Crippen LogP contribution in [0.1, 0.15) is 48.7 Å². The summed E-state index contributed by atoms with van der Waals surface area (Å²) in [5, 5.41) is 8.50. The molecule has 0 aromatic heterocycles. The quantitative estimate of drug-likeness (QED) is 0.115. The lowest BCUT2D eigenvalue weighted by molar-refractivity contribution is -0.123. The van der Waals surface area contributed by atoms with Crippen LogP contribution in [0.25, 0.3) is 0 Å². The molecular formula is C29H29Cl3IN3O4. The highest BCUT2D eigenvalue weighted by atomic mass is 127. The van der Waals surface area contributed by atoms with E-state index >= 15 is 0 Å². The molecule has 7 nitrogen and oxygen atoms in total. The maximum Gasteiger partial charge on any atom is 0.262 e. The van der Waals surface area contributed by atoms with E-state index in [1.165, 1.54) is 6.21 Å². The molecule has 0 spiro atoms. The maximum atomic E-state index is 12.9. The molecule has 3 aromatic carbocycles. The van der Waals surface area contributed by atoms with Crippen LogP contribution in [0, 0.1) is 9.49 Å². The van der Waals surface area contributed by atoms with E-state index in [4.69, 9.17) is 44.3 Å². The van der Waals surface area contributed by atoms with Crippen LogP contribution in [0.15, 0.2) is 59.7 Å². The van der Waals surface area contributed by atoms with Crippen molar-refractivity contribution in [1.29, 1.82) is 0 Å². The fourth-order valence-electron chi connectivity index (χ4n) is 3.65. The van der Waals surface area contributed by atoms with Gasteiger partial charge in [0, 0.05) is 26.2 Å². The Balaban J connectivity index is 1.70. The number of nitrogens with zero attached hydrogens (tertiary/aromatic N) is 1. The molecule has 0 aliphatic rings. The van der Waals surface area contributed by atoms with Gasteiger partial charge in [-0.2, -0.15) is 5.10 Å². The topological polar surface area (TPSA) is 89.0 Å². The second-order valence-corrected chi connectivity index (χ2v) is 11.6. The van der Waals surface area contributed by atoms with E-state index in [2.05, 4.69) is 38.4 Å². The number of ether oxygens (including phenoxy) is 2. The van der Waals surface area contributed by atoms with Gasteiger partial charge in [-0.25, -0.2) is 5.43 Å². The van der Waals surface area contributed by atoms with E-state index in [1.807, 2.05) is 32.9 Å². The Labute approximate surface area is 262 Å². The number of amides is 2. The highest BCUT2D eigenvalue weighted by molar-refractivity contribution is 14.1. The summed E-state index contributed by atoms with van der Waals surface area (Å²) in [6.07, 6.45) is 1.95. The Morgan fingerprint density at radius 2 is 1.70 bits per heavy atom. The van der Waals surface area contributed by atoms with Crippen molar-refractivity contribution < 1.29 is 19.1 Å². The van der Waals surface area contributed by atoms with Crippen molar-refractivity contribution in [2.75, 3.05) is 6.61 Å². The van der Waals surface area contributed by atoms with Crippen molar-refractivity contribution in [2.24, 2.45) is 11.0 Å². The highest BCUT2D eigenvalue weighted by Crippen LogP contribution is 2.35. The minimum absolute atomic E-state index is 0.163. The fourth-order valence-corrected chi connectivity index (χ4v) is 5.02. The van der Waals surface area contributed by atoms with Gasteiger partial charge in [0.15, 0.2) is 11.5 Å². The van der Waals surface area contributed by atoms with Crippen LogP contribution in [-0.2, 0) is 11.4 Å². The molecule has 212 valence electrons. The zero-order chi connectivity index (χ0) is 29.2. The number of carbonyl (C=O) groups excluding carboxylic acids is 2. The van der Waals surface area contributed by atoms with Gasteiger partial charge in [-0.3, -0.25) is 9.59 Å². The normalized spacial score (nSPS) is 11.9. The molecule has 11 heteroatoms. The van der Waals surface area contributed by atoms with E-state index in [0.717, 1.165) is 9.13 Å². The molecule has 3 aromatic rings. The molecule has 0 saturated heterocycles. The molecule has 0 saturated carbocycles. The van der Waals surface area contributed by atoms with Gasteiger partial charge >= 0.3 is 0 Å². The van der Waals surface area contributed by atoms with Crippen LogP contribution < -0.4 is 20.2 Å². The first-order chi connectivity index (χ1) is 19.1. The Bertz CT molecular complexity index is 1370. The molecular weight excluding hydrogens is 688 g/mol. The first kappa shape index (κ1) is 32.0. The molecule has 40 heavy (non-hydrogen) atoms. The number of benzene rings is 3. The minimum Gasteiger partial charge on any atom is -0.490 e. The zero-order valence-corrected chi connectivity index (χ0v) is 26.6. The molecule has 0 heterocycles. The summed E-state index contributed by atoms with van der Waals surface area (Å²) in [5.41, 5.74) is 4.43. The number of hydrogen-bond acceptors (Lipinski definition) is 5. The molecule has 1 atom stereocenters. The first-order valence-corrected chi connectivity index (χ1v) is 14.7. The Morgan fingerprint density at radius 3 is 2.35 bits per heavy atom. The van der Waals surface area contributed by atoms with Crippen molar-refractivity contribution >= 4 is 75.4 Å². The molecule has 2 N–H and O–H groups in total. The fraction of sp³-hybridized carbons (Fsp3) is 0.276. The van der Waals surface area contributed by atoms with Gasteiger partial charge in [0.2, 0.25) is 0 Å². The molecule has 0 fully saturated rings. The third-order valence-electron chi connectivity index (χ3n) is 5.54. The van der Waals surface area contributed by atoms with Crippen LogP contribution in [0.2, 0.25) is 15.1 Å².